The third kappa shape index (κ3) is 1.46. The highest BCUT2D eigenvalue weighted by atomic mass is 16.5. The molecule has 0 bridgehead atoms. The van der Waals surface area contributed by atoms with Crippen molar-refractivity contribution in [3.05, 3.63) is 0 Å². The van der Waals surface area contributed by atoms with Crippen molar-refractivity contribution in [3.63, 3.8) is 0 Å². The number of nitrogens with zero attached hydrogens (tertiary/aromatic N) is 1. The minimum Gasteiger partial charge on any atom is -0.366 e. The van der Waals surface area contributed by atoms with Gasteiger partial charge in [0.15, 0.2) is 0 Å². The maximum absolute atomic E-state index is 5.22. The molecule has 1 atom stereocenters. The summed E-state index contributed by atoms with van der Waals surface area (Å²) in [6.07, 6.45) is 0. The zero-order valence-corrected chi connectivity index (χ0v) is 5.55. The molecule has 48 valence electrons. The molecule has 8 heavy (non-hydrogen) atoms. The van der Waals surface area contributed by atoms with Crippen LogP contribution in [0.5, 0.6) is 0 Å². The second-order valence-corrected chi connectivity index (χ2v) is 2.64. The molecule has 1 fully saturated rings. The maximum atomic E-state index is 5.22. The van der Waals surface area contributed by atoms with Crippen LogP contribution in [-0.4, -0.2) is 31.8 Å². The quantitative estimate of drug-likeness (QED) is 0.457. The molecule has 1 rings (SSSR count). The molecule has 1 saturated heterocycles. The predicted octanol–water partition coefficient (Wildman–Crippen LogP) is 0.542. The molecule has 1 aliphatic rings. The molecule has 1 aliphatic heterocycles. The zero-order chi connectivity index (χ0) is 5.98. The normalized spacial score (nSPS) is 33.0. The van der Waals surface area contributed by atoms with E-state index in [-0.39, 0.29) is 0 Å². The standard InChI is InChI=1S/C6H13NO/c1-6-3-7(2)5-8-4-6/h6H,3-5H2,1-2H3/t6-/m1/s1. The van der Waals surface area contributed by atoms with E-state index in [0.717, 1.165) is 13.3 Å². The fraction of sp³-hybridized carbons (Fsp3) is 1.00. The van der Waals surface area contributed by atoms with Crippen molar-refractivity contribution in [3.8, 4) is 0 Å². The van der Waals surface area contributed by atoms with Crippen LogP contribution in [0, 0.1) is 5.92 Å². The topological polar surface area (TPSA) is 12.5 Å². The largest absolute Gasteiger partial charge is 0.366 e. The predicted molar refractivity (Wildman–Crippen MR) is 32.6 cm³/mol. The molecule has 0 radical (unpaired) electrons. The van der Waals surface area contributed by atoms with Crippen LogP contribution in [0.3, 0.4) is 0 Å². The van der Waals surface area contributed by atoms with E-state index in [9.17, 15) is 0 Å². The van der Waals surface area contributed by atoms with Gasteiger partial charge in [0.25, 0.3) is 0 Å². The van der Waals surface area contributed by atoms with Crippen molar-refractivity contribution < 1.29 is 4.74 Å². The molecule has 2 heteroatoms. The Balaban J connectivity index is 2.23. The lowest BCUT2D eigenvalue weighted by Gasteiger charge is -2.26. The van der Waals surface area contributed by atoms with E-state index in [4.69, 9.17) is 4.74 Å². The van der Waals surface area contributed by atoms with E-state index >= 15 is 0 Å². The van der Waals surface area contributed by atoms with Gasteiger partial charge in [-0.25, -0.2) is 0 Å². The Hall–Kier alpha value is -0.0800. The fourth-order valence-corrected chi connectivity index (χ4v) is 1.05. The van der Waals surface area contributed by atoms with Gasteiger partial charge in [0.1, 0.15) is 0 Å². The van der Waals surface area contributed by atoms with Crippen LogP contribution in [0.15, 0.2) is 0 Å². The van der Waals surface area contributed by atoms with Crippen LogP contribution < -0.4 is 0 Å². The van der Waals surface area contributed by atoms with Gasteiger partial charge in [-0.05, 0) is 13.0 Å². The van der Waals surface area contributed by atoms with Gasteiger partial charge in [0.2, 0.25) is 0 Å². The van der Waals surface area contributed by atoms with Gasteiger partial charge < -0.3 is 4.74 Å². The summed E-state index contributed by atoms with van der Waals surface area (Å²) in [4.78, 5) is 2.19. The van der Waals surface area contributed by atoms with Crippen LogP contribution in [0.4, 0.5) is 0 Å². The first-order chi connectivity index (χ1) is 3.79. The molecule has 0 aromatic carbocycles. The molecule has 0 aromatic rings. The third-order valence-electron chi connectivity index (χ3n) is 1.34. The molecular formula is C6H13NO. The SMILES string of the molecule is C[C@H]1COCN(C)C1. The average Bonchev–Trinajstić information content (AvgIpc) is 1.64. The highest BCUT2D eigenvalue weighted by molar-refractivity contribution is 4.59. The van der Waals surface area contributed by atoms with Crippen LogP contribution in [0.2, 0.25) is 0 Å². The molecule has 2 nitrogen and oxygen atoms in total. The summed E-state index contributed by atoms with van der Waals surface area (Å²) in [5, 5.41) is 0. The summed E-state index contributed by atoms with van der Waals surface area (Å²) in [5.74, 6) is 0.716. The Kier molecular flexibility index (Phi) is 1.86. The van der Waals surface area contributed by atoms with Crippen LogP contribution in [-0.2, 0) is 4.74 Å². The highest BCUT2D eigenvalue weighted by Crippen LogP contribution is 2.04. The highest BCUT2D eigenvalue weighted by Gasteiger charge is 2.11. The first-order valence-corrected chi connectivity index (χ1v) is 3.05. The number of ether oxygens (including phenoxy) is 1. The Bertz CT molecular complexity index is 66.9. The number of rotatable bonds is 0. The smallest absolute Gasteiger partial charge is 0.0987 e. The van der Waals surface area contributed by atoms with Crippen molar-refractivity contribution in [1.82, 2.24) is 4.90 Å². The number of hydrogen-bond acceptors (Lipinski definition) is 2. The third-order valence-corrected chi connectivity index (χ3v) is 1.34. The van der Waals surface area contributed by atoms with Gasteiger partial charge in [-0.2, -0.15) is 0 Å². The van der Waals surface area contributed by atoms with Gasteiger partial charge in [-0.3, -0.25) is 4.90 Å². The minimum atomic E-state index is 0.716. The Morgan fingerprint density at radius 3 is 2.75 bits per heavy atom. The lowest BCUT2D eigenvalue weighted by Crippen LogP contribution is -2.34. The number of hydrogen-bond donors (Lipinski definition) is 0. The zero-order valence-electron chi connectivity index (χ0n) is 5.55. The average molecular weight is 115 g/mol. The van der Waals surface area contributed by atoms with E-state index in [1.165, 1.54) is 6.54 Å². The van der Waals surface area contributed by atoms with Gasteiger partial charge in [0.05, 0.1) is 13.3 Å². The Labute approximate surface area is 50.4 Å². The molecule has 1 heterocycles. The van der Waals surface area contributed by atoms with Gasteiger partial charge in [-0.1, -0.05) is 6.92 Å². The summed E-state index contributed by atoms with van der Waals surface area (Å²) in [5.41, 5.74) is 0. The lowest BCUT2D eigenvalue weighted by molar-refractivity contribution is -0.0279. The monoisotopic (exact) mass is 115 g/mol. The summed E-state index contributed by atoms with van der Waals surface area (Å²) in [6.45, 7) is 5.13. The van der Waals surface area contributed by atoms with E-state index in [1.54, 1.807) is 0 Å². The summed E-state index contributed by atoms with van der Waals surface area (Å²) >= 11 is 0. The summed E-state index contributed by atoms with van der Waals surface area (Å²) < 4.78 is 5.22. The Morgan fingerprint density at radius 2 is 2.38 bits per heavy atom. The first-order valence-electron chi connectivity index (χ1n) is 3.05. The van der Waals surface area contributed by atoms with Crippen LogP contribution >= 0.6 is 0 Å². The molecular weight excluding hydrogens is 102 g/mol. The molecule has 0 N–H and O–H groups in total. The van der Waals surface area contributed by atoms with Crippen molar-refractivity contribution in [1.29, 1.82) is 0 Å². The molecule has 0 aliphatic carbocycles. The van der Waals surface area contributed by atoms with E-state index < -0.39 is 0 Å². The lowest BCUT2D eigenvalue weighted by atomic mass is 10.2. The molecule has 0 saturated carbocycles. The van der Waals surface area contributed by atoms with E-state index in [2.05, 4.69) is 18.9 Å². The van der Waals surface area contributed by atoms with Crippen molar-refractivity contribution in [2.24, 2.45) is 5.92 Å². The maximum Gasteiger partial charge on any atom is 0.0987 e. The summed E-state index contributed by atoms with van der Waals surface area (Å²) in [6, 6.07) is 0. The second kappa shape index (κ2) is 2.46. The van der Waals surface area contributed by atoms with Crippen LogP contribution in [0.25, 0.3) is 0 Å². The van der Waals surface area contributed by atoms with Crippen molar-refractivity contribution in [2.45, 2.75) is 6.92 Å². The second-order valence-electron chi connectivity index (χ2n) is 2.64. The van der Waals surface area contributed by atoms with Gasteiger partial charge in [-0.15, -0.1) is 0 Å². The first kappa shape index (κ1) is 6.05. The molecule has 0 aromatic heterocycles. The molecule has 0 amide bonds. The molecule has 0 spiro atoms. The van der Waals surface area contributed by atoms with Gasteiger partial charge >= 0.3 is 0 Å². The van der Waals surface area contributed by atoms with Crippen molar-refractivity contribution in [2.75, 3.05) is 26.9 Å². The van der Waals surface area contributed by atoms with E-state index in [0.29, 0.717) is 5.92 Å². The Morgan fingerprint density at radius 1 is 1.62 bits per heavy atom. The fourth-order valence-electron chi connectivity index (χ4n) is 1.05. The minimum absolute atomic E-state index is 0.716. The van der Waals surface area contributed by atoms with Crippen LogP contribution in [0.1, 0.15) is 6.92 Å². The van der Waals surface area contributed by atoms with Crippen molar-refractivity contribution >= 4 is 0 Å². The van der Waals surface area contributed by atoms with E-state index in [1.807, 2.05) is 0 Å². The molecule has 0 unspecified atom stereocenters. The summed E-state index contributed by atoms with van der Waals surface area (Å²) in [7, 11) is 2.08. The van der Waals surface area contributed by atoms with Gasteiger partial charge in [0, 0.05) is 6.54 Å².